The topological polar surface area (TPSA) is 20.2 Å². The molecule has 0 aromatic carbocycles. The van der Waals surface area contributed by atoms with Gasteiger partial charge in [-0.1, -0.05) is 41.0 Å². The van der Waals surface area contributed by atoms with Crippen LogP contribution in [0.2, 0.25) is 0 Å². The van der Waals surface area contributed by atoms with E-state index >= 15 is 0 Å². The van der Waals surface area contributed by atoms with Crippen LogP contribution in [0.1, 0.15) is 53.9 Å². The number of aliphatic hydroxyl groups is 1. The summed E-state index contributed by atoms with van der Waals surface area (Å²) in [6.45, 7) is 11.7. The molecule has 1 nitrogen and oxygen atoms in total. The van der Waals surface area contributed by atoms with E-state index in [4.69, 9.17) is 0 Å². The summed E-state index contributed by atoms with van der Waals surface area (Å²) in [6.07, 6.45) is 3.68. The maximum atomic E-state index is 9.19. The van der Waals surface area contributed by atoms with Gasteiger partial charge in [-0.25, -0.2) is 0 Å². The molecule has 3 unspecified atom stereocenters. The standard InChI is InChI=1S/C13H28O/c1-6-13(9-14)12(5)8-11(4)7-10(2)3/h10-14H,6-9H2,1-5H3. The molecule has 0 saturated carbocycles. The van der Waals surface area contributed by atoms with E-state index in [1.807, 2.05) is 0 Å². The van der Waals surface area contributed by atoms with E-state index in [1.54, 1.807) is 0 Å². The fourth-order valence-corrected chi connectivity index (χ4v) is 2.44. The van der Waals surface area contributed by atoms with Crippen LogP contribution in [0.25, 0.3) is 0 Å². The predicted octanol–water partition coefficient (Wildman–Crippen LogP) is 3.71. The summed E-state index contributed by atoms with van der Waals surface area (Å²) in [7, 11) is 0. The monoisotopic (exact) mass is 200 g/mol. The fraction of sp³-hybridized carbons (Fsp3) is 1.00. The molecule has 0 bridgehead atoms. The molecule has 0 rings (SSSR count). The number of rotatable bonds is 7. The van der Waals surface area contributed by atoms with Crippen molar-refractivity contribution < 1.29 is 5.11 Å². The lowest BCUT2D eigenvalue weighted by Crippen LogP contribution is -2.18. The van der Waals surface area contributed by atoms with Crippen LogP contribution in [-0.2, 0) is 0 Å². The first-order valence-electron chi connectivity index (χ1n) is 6.12. The summed E-state index contributed by atoms with van der Waals surface area (Å²) in [5.74, 6) is 2.76. The molecule has 0 radical (unpaired) electrons. The SMILES string of the molecule is CCC(CO)C(C)CC(C)CC(C)C. The fourth-order valence-electron chi connectivity index (χ4n) is 2.44. The Hall–Kier alpha value is -0.0400. The van der Waals surface area contributed by atoms with E-state index in [0.717, 1.165) is 18.3 Å². The highest BCUT2D eigenvalue weighted by Gasteiger charge is 2.17. The highest BCUT2D eigenvalue weighted by molar-refractivity contribution is 4.68. The highest BCUT2D eigenvalue weighted by Crippen LogP contribution is 2.25. The number of hydrogen-bond donors (Lipinski definition) is 1. The zero-order chi connectivity index (χ0) is 11.1. The van der Waals surface area contributed by atoms with Crippen molar-refractivity contribution in [3.63, 3.8) is 0 Å². The quantitative estimate of drug-likeness (QED) is 0.664. The lowest BCUT2D eigenvalue weighted by molar-refractivity contribution is 0.160. The average molecular weight is 200 g/mol. The molecule has 0 aromatic rings. The first kappa shape index (κ1) is 14.0. The summed E-state index contributed by atoms with van der Waals surface area (Å²) < 4.78 is 0. The maximum absolute atomic E-state index is 9.19. The molecular weight excluding hydrogens is 172 g/mol. The Kier molecular flexibility index (Phi) is 7.26. The van der Waals surface area contributed by atoms with E-state index in [0.29, 0.717) is 18.4 Å². The first-order valence-corrected chi connectivity index (χ1v) is 6.12. The van der Waals surface area contributed by atoms with E-state index in [1.165, 1.54) is 12.8 Å². The van der Waals surface area contributed by atoms with Crippen molar-refractivity contribution in [2.45, 2.75) is 53.9 Å². The van der Waals surface area contributed by atoms with Crippen molar-refractivity contribution in [1.82, 2.24) is 0 Å². The van der Waals surface area contributed by atoms with Gasteiger partial charge in [-0.15, -0.1) is 0 Å². The summed E-state index contributed by atoms with van der Waals surface area (Å²) in [4.78, 5) is 0. The molecule has 3 atom stereocenters. The van der Waals surface area contributed by atoms with Crippen LogP contribution in [0, 0.1) is 23.7 Å². The van der Waals surface area contributed by atoms with E-state index in [9.17, 15) is 5.11 Å². The van der Waals surface area contributed by atoms with Gasteiger partial charge < -0.3 is 5.11 Å². The molecule has 86 valence electrons. The van der Waals surface area contributed by atoms with Crippen LogP contribution in [0.4, 0.5) is 0 Å². The molecule has 14 heavy (non-hydrogen) atoms. The second-order valence-electron chi connectivity index (χ2n) is 5.30. The summed E-state index contributed by atoms with van der Waals surface area (Å²) >= 11 is 0. The zero-order valence-electron chi connectivity index (χ0n) is 10.6. The van der Waals surface area contributed by atoms with Gasteiger partial charge in [-0.3, -0.25) is 0 Å². The van der Waals surface area contributed by atoms with Crippen molar-refractivity contribution in [3.8, 4) is 0 Å². The number of hydrogen-bond acceptors (Lipinski definition) is 1. The van der Waals surface area contributed by atoms with Crippen molar-refractivity contribution in [3.05, 3.63) is 0 Å². The van der Waals surface area contributed by atoms with Gasteiger partial charge in [-0.05, 0) is 36.5 Å². The van der Waals surface area contributed by atoms with Crippen molar-refractivity contribution in [2.75, 3.05) is 6.61 Å². The second-order valence-corrected chi connectivity index (χ2v) is 5.30. The summed E-state index contributed by atoms with van der Waals surface area (Å²) in [5, 5.41) is 9.19. The van der Waals surface area contributed by atoms with Crippen molar-refractivity contribution >= 4 is 0 Å². The van der Waals surface area contributed by atoms with Gasteiger partial charge in [0.2, 0.25) is 0 Å². The number of aliphatic hydroxyl groups excluding tert-OH is 1. The van der Waals surface area contributed by atoms with Crippen LogP contribution in [0.15, 0.2) is 0 Å². The molecule has 0 aliphatic heterocycles. The Balaban J connectivity index is 3.84. The third-order valence-corrected chi connectivity index (χ3v) is 3.21. The molecule has 1 heteroatoms. The largest absolute Gasteiger partial charge is 0.396 e. The Morgan fingerprint density at radius 3 is 1.93 bits per heavy atom. The zero-order valence-corrected chi connectivity index (χ0v) is 10.6. The van der Waals surface area contributed by atoms with Crippen LogP contribution in [0.3, 0.4) is 0 Å². The smallest absolute Gasteiger partial charge is 0.0461 e. The molecule has 0 aliphatic carbocycles. The summed E-state index contributed by atoms with van der Waals surface area (Å²) in [5.41, 5.74) is 0. The van der Waals surface area contributed by atoms with Crippen molar-refractivity contribution in [1.29, 1.82) is 0 Å². The van der Waals surface area contributed by atoms with Gasteiger partial charge in [0.15, 0.2) is 0 Å². The van der Waals surface area contributed by atoms with E-state index in [-0.39, 0.29) is 0 Å². The normalized spacial score (nSPS) is 18.2. The molecule has 0 aliphatic rings. The van der Waals surface area contributed by atoms with Gasteiger partial charge in [0.1, 0.15) is 0 Å². The predicted molar refractivity (Wildman–Crippen MR) is 63.3 cm³/mol. The minimum Gasteiger partial charge on any atom is -0.396 e. The summed E-state index contributed by atoms with van der Waals surface area (Å²) in [6, 6.07) is 0. The Labute approximate surface area is 89.9 Å². The van der Waals surface area contributed by atoms with Gasteiger partial charge in [-0.2, -0.15) is 0 Å². The molecular formula is C13H28O. The van der Waals surface area contributed by atoms with E-state index in [2.05, 4.69) is 34.6 Å². The highest BCUT2D eigenvalue weighted by atomic mass is 16.3. The minimum absolute atomic E-state index is 0.353. The lowest BCUT2D eigenvalue weighted by atomic mass is 9.83. The maximum Gasteiger partial charge on any atom is 0.0461 e. The third-order valence-electron chi connectivity index (χ3n) is 3.21. The third kappa shape index (κ3) is 5.64. The molecule has 0 aromatic heterocycles. The molecule has 0 heterocycles. The minimum atomic E-state index is 0.353. The Morgan fingerprint density at radius 1 is 1.00 bits per heavy atom. The van der Waals surface area contributed by atoms with Crippen LogP contribution in [0.5, 0.6) is 0 Å². The van der Waals surface area contributed by atoms with Crippen LogP contribution in [-0.4, -0.2) is 11.7 Å². The molecule has 0 saturated heterocycles. The van der Waals surface area contributed by atoms with Gasteiger partial charge in [0, 0.05) is 6.61 Å². The molecule has 0 amide bonds. The molecule has 1 N–H and O–H groups in total. The van der Waals surface area contributed by atoms with Crippen LogP contribution >= 0.6 is 0 Å². The van der Waals surface area contributed by atoms with Crippen molar-refractivity contribution in [2.24, 2.45) is 23.7 Å². The molecule has 0 fully saturated rings. The lowest BCUT2D eigenvalue weighted by Gasteiger charge is -2.24. The van der Waals surface area contributed by atoms with Gasteiger partial charge in [0.25, 0.3) is 0 Å². The Morgan fingerprint density at radius 2 is 1.57 bits per heavy atom. The average Bonchev–Trinajstić information content (AvgIpc) is 2.04. The second kappa shape index (κ2) is 7.28. The van der Waals surface area contributed by atoms with Crippen LogP contribution < -0.4 is 0 Å². The van der Waals surface area contributed by atoms with Gasteiger partial charge >= 0.3 is 0 Å². The van der Waals surface area contributed by atoms with Gasteiger partial charge in [0.05, 0.1) is 0 Å². The molecule has 0 spiro atoms. The Bertz CT molecular complexity index is 127. The first-order chi connectivity index (χ1) is 6.51. The van der Waals surface area contributed by atoms with E-state index < -0.39 is 0 Å².